The van der Waals surface area contributed by atoms with E-state index in [0.29, 0.717) is 21.8 Å². The number of anilines is 1. The number of sulfone groups is 1. The normalized spacial score (nSPS) is 11.2. The van der Waals surface area contributed by atoms with Crippen LogP contribution in [0.25, 0.3) is 0 Å². The Hall–Kier alpha value is -1.12. The zero-order chi connectivity index (χ0) is 16.3. The van der Waals surface area contributed by atoms with Gasteiger partial charge in [0.15, 0.2) is 9.84 Å². The van der Waals surface area contributed by atoms with Crippen LogP contribution in [0.15, 0.2) is 42.5 Å². The molecule has 0 fully saturated rings. The van der Waals surface area contributed by atoms with Gasteiger partial charge in [0.25, 0.3) is 5.91 Å². The van der Waals surface area contributed by atoms with Gasteiger partial charge in [0.1, 0.15) is 0 Å². The lowest BCUT2D eigenvalue weighted by atomic mass is 10.1. The third-order valence-corrected chi connectivity index (χ3v) is 4.64. The summed E-state index contributed by atoms with van der Waals surface area (Å²) in [4.78, 5) is 12.2. The first-order valence-electron chi connectivity index (χ1n) is 6.28. The Balaban J connectivity index is 2.21. The van der Waals surface area contributed by atoms with Gasteiger partial charge in [-0.25, -0.2) is 8.42 Å². The van der Waals surface area contributed by atoms with Crippen molar-refractivity contribution in [3.63, 3.8) is 0 Å². The molecule has 0 aliphatic carbocycles. The van der Waals surface area contributed by atoms with E-state index in [0.717, 1.165) is 9.83 Å². The van der Waals surface area contributed by atoms with E-state index in [9.17, 15) is 13.2 Å². The largest absolute Gasteiger partial charge is 0.321 e. The SMILES string of the molecule is CS(=O)(=O)Cc1cccc(C(=O)Nc2ccc(I)cc2Cl)c1. The molecular formula is C15H13ClINO3S. The number of amides is 1. The van der Waals surface area contributed by atoms with E-state index in [2.05, 4.69) is 27.9 Å². The lowest BCUT2D eigenvalue weighted by molar-refractivity contribution is 0.102. The fourth-order valence-corrected chi connectivity index (χ4v) is 3.58. The van der Waals surface area contributed by atoms with Gasteiger partial charge in [-0.2, -0.15) is 0 Å². The molecule has 0 saturated carbocycles. The molecule has 0 saturated heterocycles. The van der Waals surface area contributed by atoms with E-state index < -0.39 is 9.84 Å². The molecule has 0 radical (unpaired) electrons. The number of benzene rings is 2. The Morgan fingerprint density at radius 3 is 2.59 bits per heavy atom. The first kappa shape index (κ1) is 17.2. The van der Waals surface area contributed by atoms with Crippen LogP contribution < -0.4 is 5.32 Å². The topological polar surface area (TPSA) is 63.2 Å². The van der Waals surface area contributed by atoms with Gasteiger partial charge in [-0.15, -0.1) is 0 Å². The van der Waals surface area contributed by atoms with Crippen molar-refractivity contribution in [2.45, 2.75) is 5.75 Å². The van der Waals surface area contributed by atoms with Crippen LogP contribution >= 0.6 is 34.2 Å². The summed E-state index contributed by atoms with van der Waals surface area (Å²) in [6, 6.07) is 11.8. The first-order valence-corrected chi connectivity index (χ1v) is 9.79. The predicted octanol–water partition coefficient (Wildman–Crippen LogP) is 3.74. The molecule has 2 aromatic carbocycles. The lowest BCUT2D eigenvalue weighted by Gasteiger charge is -2.08. The van der Waals surface area contributed by atoms with Crippen LogP contribution in [0.5, 0.6) is 0 Å². The standard InChI is InChI=1S/C15H13ClINO3S/c1-22(20,21)9-10-3-2-4-11(7-10)15(19)18-14-6-5-12(17)8-13(14)16/h2-8H,9H2,1H3,(H,18,19). The van der Waals surface area contributed by atoms with Crippen LogP contribution in [0, 0.1) is 3.57 Å². The van der Waals surface area contributed by atoms with Gasteiger partial charge in [0, 0.05) is 15.4 Å². The maximum Gasteiger partial charge on any atom is 0.255 e. The second-order valence-corrected chi connectivity index (χ2v) is 8.64. The quantitative estimate of drug-likeness (QED) is 0.723. The summed E-state index contributed by atoms with van der Waals surface area (Å²) >= 11 is 8.21. The zero-order valence-corrected chi connectivity index (χ0v) is 15.4. The molecule has 116 valence electrons. The molecule has 0 aliphatic rings. The van der Waals surface area contributed by atoms with Gasteiger partial charge in [0.2, 0.25) is 0 Å². The van der Waals surface area contributed by atoms with Crippen molar-refractivity contribution >= 4 is 55.6 Å². The smallest absolute Gasteiger partial charge is 0.255 e. The van der Waals surface area contributed by atoms with Gasteiger partial charge >= 0.3 is 0 Å². The number of hydrogen-bond donors (Lipinski definition) is 1. The van der Waals surface area contributed by atoms with E-state index in [1.54, 1.807) is 36.4 Å². The molecule has 22 heavy (non-hydrogen) atoms. The molecule has 0 unspecified atom stereocenters. The number of carbonyl (C=O) groups excluding carboxylic acids is 1. The number of halogens is 2. The molecule has 7 heteroatoms. The molecule has 0 atom stereocenters. The second kappa shape index (κ2) is 6.97. The summed E-state index contributed by atoms with van der Waals surface area (Å²) in [5, 5.41) is 3.17. The number of rotatable bonds is 4. The average molecular weight is 450 g/mol. The van der Waals surface area contributed by atoms with E-state index in [4.69, 9.17) is 11.6 Å². The third-order valence-electron chi connectivity index (χ3n) is 2.80. The van der Waals surface area contributed by atoms with Crippen molar-refractivity contribution in [3.8, 4) is 0 Å². The van der Waals surface area contributed by atoms with Crippen LogP contribution in [-0.4, -0.2) is 20.6 Å². The number of hydrogen-bond acceptors (Lipinski definition) is 3. The highest BCUT2D eigenvalue weighted by atomic mass is 127. The molecule has 4 nitrogen and oxygen atoms in total. The average Bonchev–Trinajstić information content (AvgIpc) is 2.40. The predicted molar refractivity (Wildman–Crippen MR) is 97.1 cm³/mol. The summed E-state index contributed by atoms with van der Waals surface area (Å²) < 4.78 is 23.6. The highest BCUT2D eigenvalue weighted by Crippen LogP contribution is 2.24. The lowest BCUT2D eigenvalue weighted by Crippen LogP contribution is -2.13. The third kappa shape index (κ3) is 4.96. The molecule has 0 aliphatic heterocycles. The van der Waals surface area contributed by atoms with Crippen LogP contribution in [0.3, 0.4) is 0 Å². The Kier molecular flexibility index (Phi) is 5.46. The molecule has 1 N–H and O–H groups in total. The fraction of sp³-hybridized carbons (Fsp3) is 0.133. The first-order chi connectivity index (χ1) is 10.2. The van der Waals surface area contributed by atoms with Gasteiger partial charge < -0.3 is 5.32 Å². The van der Waals surface area contributed by atoms with Crippen molar-refractivity contribution < 1.29 is 13.2 Å². The minimum atomic E-state index is -3.14. The maximum atomic E-state index is 12.2. The zero-order valence-electron chi connectivity index (χ0n) is 11.6. The summed E-state index contributed by atoms with van der Waals surface area (Å²) in [7, 11) is -3.14. The minimum absolute atomic E-state index is 0.0988. The fourth-order valence-electron chi connectivity index (χ4n) is 1.89. The summed E-state index contributed by atoms with van der Waals surface area (Å²) in [6.07, 6.45) is 1.16. The second-order valence-electron chi connectivity index (χ2n) is 4.85. The van der Waals surface area contributed by atoms with Gasteiger partial charge in [-0.1, -0.05) is 23.7 Å². The Labute approximate surface area is 147 Å². The van der Waals surface area contributed by atoms with E-state index in [1.807, 2.05) is 6.07 Å². The van der Waals surface area contributed by atoms with Gasteiger partial charge in [-0.05, 0) is 58.5 Å². The highest BCUT2D eigenvalue weighted by molar-refractivity contribution is 14.1. The molecule has 1 amide bonds. The number of nitrogens with one attached hydrogen (secondary N) is 1. The molecule has 0 bridgehead atoms. The van der Waals surface area contributed by atoms with Crippen LogP contribution in [0.4, 0.5) is 5.69 Å². The van der Waals surface area contributed by atoms with E-state index in [-0.39, 0.29) is 11.7 Å². The highest BCUT2D eigenvalue weighted by Gasteiger charge is 2.11. The molecule has 0 heterocycles. The monoisotopic (exact) mass is 449 g/mol. The molecule has 0 aromatic heterocycles. The van der Waals surface area contributed by atoms with Crippen LogP contribution in [0.2, 0.25) is 5.02 Å². The molecule has 0 spiro atoms. The van der Waals surface area contributed by atoms with Crippen molar-refractivity contribution in [3.05, 3.63) is 62.2 Å². The Bertz CT molecular complexity index is 821. The molecule has 2 aromatic rings. The molecule has 2 rings (SSSR count). The van der Waals surface area contributed by atoms with E-state index in [1.165, 1.54) is 0 Å². The molecular weight excluding hydrogens is 437 g/mol. The van der Waals surface area contributed by atoms with E-state index >= 15 is 0 Å². The summed E-state index contributed by atoms with van der Waals surface area (Å²) in [5.74, 6) is -0.434. The minimum Gasteiger partial charge on any atom is -0.321 e. The van der Waals surface area contributed by atoms with Crippen LogP contribution in [-0.2, 0) is 15.6 Å². The van der Waals surface area contributed by atoms with Crippen molar-refractivity contribution in [1.29, 1.82) is 0 Å². The van der Waals surface area contributed by atoms with Crippen molar-refractivity contribution in [2.24, 2.45) is 0 Å². The summed E-state index contributed by atoms with van der Waals surface area (Å²) in [5.41, 5.74) is 1.47. The Morgan fingerprint density at radius 1 is 1.23 bits per heavy atom. The summed E-state index contributed by atoms with van der Waals surface area (Å²) in [6.45, 7) is 0. The van der Waals surface area contributed by atoms with Gasteiger partial charge in [-0.3, -0.25) is 4.79 Å². The van der Waals surface area contributed by atoms with Gasteiger partial charge in [0.05, 0.1) is 16.5 Å². The maximum absolute atomic E-state index is 12.2. The number of carbonyl (C=O) groups is 1. The van der Waals surface area contributed by atoms with Crippen LogP contribution in [0.1, 0.15) is 15.9 Å². The Morgan fingerprint density at radius 2 is 1.95 bits per heavy atom. The van der Waals surface area contributed by atoms with Crippen molar-refractivity contribution in [1.82, 2.24) is 0 Å². The van der Waals surface area contributed by atoms with Crippen molar-refractivity contribution in [2.75, 3.05) is 11.6 Å².